The van der Waals surface area contributed by atoms with Gasteiger partial charge in [-0.3, -0.25) is 10.0 Å². The Morgan fingerprint density at radius 3 is 2.00 bits per heavy atom. The van der Waals surface area contributed by atoms with Gasteiger partial charge in [-0.1, -0.05) is 17.3 Å². The molecule has 4 rings (SSSR count). The van der Waals surface area contributed by atoms with Crippen molar-refractivity contribution in [3.63, 3.8) is 0 Å². The topological polar surface area (TPSA) is 83.9 Å². The fraction of sp³-hybridized carbons (Fsp3) is 0.944. The van der Waals surface area contributed by atoms with Crippen molar-refractivity contribution in [1.29, 1.82) is 0 Å². The number of esters is 1. The Hall–Kier alpha value is -0.870. The van der Waals surface area contributed by atoms with Gasteiger partial charge in [0.25, 0.3) is 0 Å². The lowest BCUT2D eigenvalue weighted by molar-refractivity contribution is -0.171. The summed E-state index contributed by atoms with van der Waals surface area (Å²) in [4.78, 5) is 12.6. The minimum Gasteiger partial charge on any atom is -0.465 e. The zero-order valence-electron chi connectivity index (χ0n) is 15.8. The van der Waals surface area contributed by atoms with Gasteiger partial charge in [-0.2, -0.15) is 13.2 Å². The van der Waals surface area contributed by atoms with Crippen LogP contribution in [0.15, 0.2) is 0 Å². The molecule has 0 atom stereocenters. The first kappa shape index (κ1) is 21.8. The van der Waals surface area contributed by atoms with Crippen LogP contribution in [0.3, 0.4) is 0 Å². The number of sulfonamides is 1. The SMILES string of the molecule is O=C(OCCCCCCN(O)S(=O)(=O)C(F)(F)F)C12CC3CC(CC(C3)C1)C2. The lowest BCUT2D eigenvalue weighted by atomic mass is 9.49. The number of hydrogen-bond donors (Lipinski definition) is 1. The molecule has 4 aliphatic carbocycles. The van der Waals surface area contributed by atoms with Crippen LogP contribution < -0.4 is 0 Å². The molecule has 0 heterocycles. The monoisotopic (exact) mass is 427 g/mol. The van der Waals surface area contributed by atoms with Gasteiger partial charge in [-0.15, -0.1) is 0 Å². The number of hydroxylamine groups is 1. The molecular weight excluding hydrogens is 399 g/mol. The molecule has 28 heavy (non-hydrogen) atoms. The lowest BCUT2D eigenvalue weighted by Gasteiger charge is -2.55. The molecule has 0 aromatic heterocycles. The second-order valence-corrected chi connectivity index (χ2v) is 10.6. The van der Waals surface area contributed by atoms with Crippen molar-refractivity contribution in [2.45, 2.75) is 69.7 Å². The molecule has 4 bridgehead atoms. The van der Waals surface area contributed by atoms with Crippen molar-refractivity contribution in [1.82, 2.24) is 4.47 Å². The number of hydrogen-bond acceptors (Lipinski definition) is 5. The average molecular weight is 427 g/mol. The van der Waals surface area contributed by atoms with Gasteiger partial charge in [0.2, 0.25) is 0 Å². The van der Waals surface area contributed by atoms with E-state index < -0.39 is 26.5 Å². The van der Waals surface area contributed by atoms with Gasteiger partial charge in [-0.25, -0.2) is 8.42 Å². The summed E-state index contributed by atoms with van der Waals surface area (Å²) in [5, 5.41) is 9.10. The highest BCUT2D eigenvalue weighted by Gasteiger charge is 2.55. The van der Waals surface area contributed by atoms with Crippen molar-refractivity contribution in [2.24, 2.45) is 23.2 Å². The van der Waals surface area contributed by atoms with E-state index in [4.69, 9.17) is 9.94 Å². The van der Waals surface area contributed by atoms with Crippen molar-refractivity contribution < 1.29 is 36.3 Å². The maximum absolute atomic E-state index is 12.6. The first-order chi connectivity index (χ1) is 13.0. The number of halogens is 3. The molecular formula is C18H28F3NO5S. The first-order valence-electron chi connectivity index (χ1n) is 9.99. The van der Waals surface area contributed by atoms with Crippen LogP contribution in [0.5, 0.6) is 0 Å². The zero-order valence-corrected chi connectivity index (χ0v) is 16.6. The number of ether oxygens (including phenoxy) is 1. The second kappa shape index (κ2) is 8.10. The third kappa shape index (κ3) is 4.48. The molecule has 0 amide bonds. The Morgan fingerprint density at radius 2 is 1.50 bits per heavy atom. The molecule has 0 unspecified atom stereocenters. The van der Waals surface area contributed by atoms with Crippen LogP contribution >= 0.6 is 0 Å². The van der Waals surface area contributed by atoms with E-state index in [0.717, 1.165) is 19.3 Å². The highest BCUT2D eigenvalue weighted by molar-refractivity contribution is 7.89. The Morgan fingerprint density at radius 1 is 1.00 bits per heavy atom. The van der Waals surface area contributed by atoms with Gasteiger partial charge in [0, 0.05) is 6.54 Å². The van der Waals surface area contributed by atoms with E-state index in [1.165, 1.54) is 19.3 Å². The number of unbranched alkanes of at least 4 members (excludes halogenated alkanes) is 3. The predicted octanol–water partition coefficient (Wildman–Crippen LogP) is 3.85. The number of alkyl halides is 3. The smallest absolute Gasteiger partial charge is 0.465 e. The highest BCUT2D eigenvalue weighted by atomic mass is 32.2. The Kier molecular flexibility index (Phi) is 6.32. The molecule has 162 valence electrons. The average Bonchev–Trinajstić information content (AvgIpc) is 2.58. The quantitative estimate of drug-likeness (QED) is 0.343. The standard InChI is InChI=1S/C18H28F3NO5S/c19-18(20,21)28(25,26)22(24)5-3-1-2-4-6-27-16(23)17-10-13-7-14(11-17)9-15(8-13)12-17/h13-15,24H,1-12H2. The third-order valence-electron chi connectivity index (χ3n) is 6.52. The Bertz CT molecular complexity index is 644. The summed E-state index contributed by atoms with van der Waals surface area (Å²) in [7, 11) is -5.69. The van der Waals surface area contributed by atoms with E-state index in [9.17, 15) is 26.4 Å². The van der Waals surface area contributed by atoms with Gasteiger partial charge in [0.05, 0.1) is 12.0 Å². The van der Waals surface area contributed by atoms with Crippen LogP contribution in [0.2, 0.25) is 0 Å². The second-order valence-electron chi connectivity index (χ2n) is 8.74. The number of carbonyl (C=O) groups excluding carboxylic acids is 1. The van der Waals surface area contributed by atoms with Gasteiger partial charge < -0.3 is 4.74 Å². The Labute approximate surface area is 163 Å². The van der Waals surface area contributed by atoms with Crippen LogP contribution in [0.1, 0.15) is 64.2 Å². The fourth-order valence-corrected chi connectivity index (χ4v) is 6.23. The predicted molar refractivity (Wildman–Crippen MR) is 93.5 cm³/mol. The third-order valence-corrected chi connectivity index (χ3v) is 7.84. The lowest BCUT2D eigenvalue weighted by Crippen LogP contribution is -2.50. The van der Waals surface area contributed by atoms with Crippen molar-refractivity contribution in [2.75, 3.05) is 13.2 Å². The van der Waals surface area contributed by atoms with Crippen LogP contribution in [-0.2, 0) is 19.6 Å². The van der Waals surface area contributed by atoms with E-state index in [2.05, 4.69) is 0 Å². The summed E-state index contributed by atoms with van der Waals surface area (Å²) >= 11 is 0. The van der Waals surface area contributed by atoms with E-state index >= 15 is 0 Å². The van der Waals surface area contributed by atoms with Crippen molar-refractivity contribution in [3.8, 4) is 0 Å². The maximum Gasteiger partial charge on any atom is 0.513 e. The maximum atomic E-state index is 12.6. The summed E-state index contributed by atoms with van der Waals surface area (Å²) < 4.78 is 63.6. The molecule has 0 aromatic carbocycles. The molecule has 0 spiro atoms. The van der Waals surface area contributed by atoms with Gasteiger partial charge in [0.15, 0.2) is 0 Å². The first-order valence-corrected chi connectivity index (χ1v) is 11.4. The Balaban J connectivity index is 1.31. The highest BCUT2D eigenvalue weighted by Crippen LogP contribution is 2.60. The van der Waals surface area contributed by atoms with Gasteiger partial charge >= 0.3 is 21.5 Å². The summed E-state index contributed by atoms with van der Waals surface area (Å²) in [5.41, 5.74) is -5.80. The van der Waals surface area contributed by atoms with E-state index in [0.29, 0.717) is 37.0 Å². The normalized spacial score (nSPS) is 32.1. The van der Waals surface area contributed by atoms with Crippen molar-refractivity contribution >= 4 is 16.0 Å². The molecule has 4 saturated carbocycles. The van der Waals surface area contributed by atoms with Crippen molar-refractivity contribution in [3.05, 3.63) is 0 Å². The molecule has 10 heteroatoms. The number of rotatable bonds is 9. The van der Waals surface area contributed by atoms with Crippen LogP contribution in [0.25, 0.3) is 0 Å². The van der Waals surface area contributed by atoms with Crippen LogP contribution in [0.4, 0.5) is 13.2 Å². The van der Waals surface area contributed by atoms with E-state index in [-0.39, 0.29) is 24.4 Å². The van der Waals surface area contributed by atoms with Gasteiger partial charge in [0.1, 0.15) is 0 Å². The van der Waals surface area contributed by atoms with Crippen LogP contribution in [-0.4, -0.2) is 42.7 Å². The summed E-state index contributed by atoms with van der Waals surface area (Å²) in [5.74, 6) is 1.89. The summed E-state index contributed by atoms with van der Waals surface area (Å²) in [6.07, 6.45) is 8.24. The minimum absolute atomic E-state index is 0.0920. The fourth-order valence-electron chi connectivity index (χ4n) is 5.62. The molecule has 0 saturated heterocycles. The molecule has 0 aliphatic heterocycles. The zero-order chi connectivity index (χ0) is 20.6. The van der Waals surface area contributed by atoms with Gasteiger partial charge in [-0.05, 0) is 69.1 Å². The minimum atomic E-state index is -5.69. The molecule has 1 N–H and O–H groups in total. The molecule has 0 radical (unpaired) electrons. The summed E-state index contributed by atoms with van der Waals surface area (Å²) in [6, 6.07) is 0. The molecule has 0 aromatic rings. The summed E-state index contributed by atoms with van der Waals surface area (Å²) in [6.45, 7) is -0.348. The van der Waals surface area contributed by atoms with E-state index in [1.54, 1.807) is 0 Å². The molecule has 4 fully saturated rings. The molecule has 6 nitrogen and oxygen atoms in total. The largest absolute Gasteiger partial charge is 0.513 e. The van der Waals surface area contributed by atoms with E-state index in [1.807, 2.05) is 0 Å². The van der Waals surface area contributed by atoms with Crippen LogP contribution in [0, 0.1) is 23.2 Å². The number of carbonyl (C=O) groups is 1. The number of nitrogens with zero attached hydrogens (tertiary/aromatic N) is 1. The molecule has 4 aliphatic rings.